The summed E-state index contributed by atoms with van der Waals surface area (Å²) < 4.78 is 5.32. The third kappa shape index (κ3) is 3.91. The number of likely N-dealkylation sites (tertiary alicyclic amines) is 1. The van der Waals surface area contributed by atoms with E-state index in [4.69, 9.17) is 10.5 Å². The Morgan fingerprint density at radius 1 is 1.35 bits per heavy atom. The lowest BCUT2D eigenvalue weighted by Crippen LogP contribution is -2.58. The van der Waals surface area contributed by atoms with Crippen molar-refractivity contribution < 1.29 is 9.53 Å². The van der Waals surface area contributed by atoms with Gasteiger partial charge in [-0.15, -0.1) is 0 Å². The first-order valence-corrected chi connectivity index (χ1v) is 8.52. The van der Waals surface area contributed by atoms with Crippen LogP contribution < -0.4 is 11.1 Å². The molecule has 126 valence electrons. The molecule has 2 fully saturated rings. The summed E-state index contributed by atoms with van der Waals surface area (Å²) in [5, 5.41) is 3.17. The fourth-order valence-corrected chi connectivity index (χ4v) is 3.53. The minimum absolute atomic E-state index is 0.0143. The summed E-state index contributed by atoms with van der Waals surface area (Å²) >= 11 is 0. The number of benzene rings is 1. The number of hydrogen-bond donors (Lipinski definition) is 2. The van der Waals surface area contributed by atoms with Crippen LogP contribution in [0.25, 0.3) is 0 Å². The number of amides is 1. The van der Waals surface area contributed by atoms with E-state index < -0.39 is 5.54 Å². The van der Waals surface area contributed by atoms with Gasteiger partial charge in [0.1, 0.15) is 0 Å². The van der Waals surface area contributed by atoms with Crippen LogP contribution in [0.15, 0.2) is 30.3 Å². The molecule has 2 aliphatic rings. The van der Waals surface area contributed by atoms with Crippen molar-refractivity contribution in [2.45, 2.75) is 50.4 Å². The van der Waals surface area contributed by atoms with Crippen molar-refractivity contribution >= 4 is 5.91 Å². The van der Waals surface area contributed by atoms with Crippen LogP contribution in [0.1, 0.15) is 31.7 Å². The van der Waals surface area contributed by atoms with E-state index in [0.717, 1.165) is 19.5 Å². The Hall–Kier alpha value is -1.43. The van der Waals surface area contributed by atoms with Gasteiger partial charge < -0.3 is 15.8 Å². The number of carbonyl (C=O) groups excluding carboxylic acids is 1. The predicted molar refractivity (Wildman–Crippen MR) is 89.8 cm³/mol. The van der Waals surface area contributed by atoms with Crippen LogP contribution in [0.3, 0.4) is 0 Å². The number of nitrogens with one attached hydrogen (secondary N) is 1. The molecule has 1 aromatic carbocycles. The topological polar surface area (TPSA) is 67.6 Å². The van der Waals surface area contributed by atoms with Crippen LogP contribution in [0.4, 0.5) is 0 Å². The van der Waals surface area contributed by atoms with Gasteiger partial charge in [0.2, 0.25) is 5.91 Å². The molecule has 5 nitrogen and oxygen atoms in total. The Balaban J connectivity index is 1.55. The van der Waals surface area contributed by atoms with Gasteiger partial charge in [0.15, 0.2) is 0 Å². The fourth-order valence-electron chi connectivity index (χ4n) is 3.53. The average Bonchev–Trinajstić information content (AvgIpc) is 2.88. The quantitative estimate of drug-likeness (QED) is 0.878. The second kappa shape index (κ2) is 6.99. The van der Waals surface area contributed by atoms with Gasteiger partial charge in [-0.05, 0) is 31.7 Å². The number of ether oxygens (including phenoxy) is 1. The molecule has 5 heteroatoms. The predicted octanol–water partition coefficient (Wildman–Crippen LogP) is 1.27. The minimum atomic E-state index is -0.756. The maximum Gasteiger partial charge on any atom is 0.240 e. The third-order valence-electron chi connectivity index (χ3n) is 5.10. The van der Waals surface area contributed by atoms with Gasteiger partial charge in [-0.2, -0.15) is 0 Å². The highest BCUT2D eigenvalue weighted by Gasteiger charge is 2.38. The largest absolute Gasteiger partial charge is 0.381 e. The van der Waals surface area contributed by atoms with Gasteiger partial charge in [-0.25, -0.2) is 0 Å². The number of nitrogens with two attached hydrogens (primary N) is 1. The van der Waals surface area contributed by atoms with Crippen LogP contribution in [0.5, 0.6) is 0 Å². The SMILES string of the molecule is CC1CC(NC(=O)C2(N)CCOCC2)CN1Cc1ccccc1. The molecule has 0 aliphatic carbocycles. The normalized spacial score (nSPS) is 27.7. The lowest BCUT2D eigenvalue weighted by molar-refractivity contribution is -0.130. The molecule has 0 bridgehead atoms. The number of carbonyl (C=O) groups is 1. The van der Waals surface area contributed by atoms with E-state index in [9.17, 15) is 4.79 Å². The lowest BCUT2D eigenvalue weighted by Gasteiger charge is -2.32. The molecule has 23 heavy (non-hydrogen) atoms. The van der Waals surface area contributed by atoms with Crippen LogP contribution in [0, 0.1) is 0 Å². The first-order chi connectivity index (χ1) is 11.1. The van der Waals surface area contributed by atoms with E-state index >= 15 is 0 Å². The van der Waals surface area contributed by atoms with Crippen LogP contribution in [0.2, 0.25) is 0 Å². The van der Waals surface area contributed by atoms with Crippen molar-refractivity contribution in [2.24, 2.45) is 5.73 Å². The molecule has 0 saturated carbocycles. The van der Waals surface area contributed by atoms with E-state index in [0.29, 0.717) is 32.1 Å². The summed E-state index contributed by atoms with van der Waals surface area (Å²) in [4.78, 5) is 15.0. The summed E-state index contributed by atoms with van der Waals surface area (Å²) in [5.41, 5.74) is 6.82. The summed E-state index contributed by atoms with van der Waals surface area (Å²) in [5.74, 6) is -0.0143. The molecule has 1 amide bonds. The highest BCUT2D eigenvalue weighted by atomic mass is 16.5. The zero-order valence-electron chi connectivity index (χ0n) is 13.8. The summed E-state index contributed by atoms with van der Waals surface area (Å²) in [6.07, 6.45) is 2.19. The molecule has 1 aromatic rings. The molecule has 3 N–H and O–H groups in total. The molecule has 0 aromatic heterocycles. The fraction of sp³-hybridized carbons (Fsp3) is 0.611. The first kappa shape index (κ1) is 16.4. The summed E-state index contributed by atoms with van der Waals surface area (Å²) in [6, 6.07) is 11.1. The van der Waals surface area contributed by atoms with Crippen LogP contribution >= 0.6 is 0 Å². The van der Waals surface area contributed by atoms with Crippen molar-refractivity contribution in [3.8, 4) is 0 Å². The molecule has 2 unspecified atom stereocenters. The standard InChI is InChI=1S/C18H27N3O2/c1-14-11-16(13-21(14)12-15-5-3-2-4-6-15)20-17(22)18(19)7-9-23-10-8-18/h2-6,14,16H,7-13,19H2,1H3,(H,20,22). The molecule has 2 atom stereocenters. The van der Waals surface area contributed by atoms with E-state index in [1.54, 1.807) is 0 Å². The molecule has 0 spiro atoms. The maximum absolute atomic E-state index is 12.5. The van der Waals surface area contributed by atoms with Crippen molar-refractivity contribution in [3.05, 3.63) is 35.9 Å². The molecule has 0 radical (unpaired) electrons. The lowest BCUT2D eigenvalue weighted by atomic mass is 9.90. The second-order valence-electron chi connectivity index (χ2n) is 6.94. The van der Waals surface area contributed by atoms with Crippen molar-refractivity contribution in [1.29, 1.82) is 0 Å². The minimum Gasteiger partial charge on any atom is -0.381 e. The Morgan fingerprint density at radius 3 is 2.74 bits per heavy atom. The molecule has 2 aliphatic heterocycles. The Labute approximate surface area is 138 Å². The highest BCUT2D eigenvalue weighted by molar-refractivity contribution is 5.86. The Morgan fingerprint density at radius 2 is 2.04 bits per heavy atom. The highest BCUT2D eigenvalue weighted by Crippen LogP contribution is 2.22. The second-order valence-corrected chi connectivity index (χ2v) is 6.94. The molecule has 2 saturated heterocycles. The maximum atomic E-state index is 12.5. The Bertz CT molecular complexity index is 528. The molecule has 3 rings (SSSR count). The molecular weight excluding hydrogens is 290 g/mol. The number of hydrogen-bond acceptors (Lipinski definition) is 4. The zero-order chi connectivity index (χ0) is 16.3. The van der Waals surface area contributed by atoms with E-state index in [1.807, 2.05) is 6.07 Å². The smallest absolute Gasteiger partial charge is 0.240 e. The number of nitrogens with zero attached hydrogens (tertiary/aromatic N) is 1. The van der Waals surface area contributed by atoms with E-state index in [2.05, 4.69) is 41.4 Å². The van der Waals surface area contributed by atoms with Crippen molar-refractivity contribution in [1.82, 2.24) is 10.2 Å². The van der Waals surface area contributed by atoms with Crippen molar-refractivity contribution in [2.75, 3.05) is 19.8 Å². The van der Waals surface area contributed by atoms with Crippen LogP contribution in [-0.4, -0.2) is 48.2 Å². The van der Waals surface area contributed by atoms with Gasteiger partial charge in [0, 0.05) is 38.4 Å². The first-order valence-electron chi connectivity index (χ1n) is 8.52. The van der Waals surface area contributed by atoms with Gasteiger partial charge in [0.25, 0.3) is 0 Å². The van der Waals surface area contributed by atoms with Gasteiger partial charge in [-0.1, -0.05) is 30.3 Å². The van der Waals surface area contributed by atoms with E-state index in [-0.39, 0.29) is 11.9 Å². The van der Waals surface area contributed by atoms with Crippen LogP contribution in [-0.2, 0) is 16.1 Å². The van der Waals surface area contributed by atoms with Crippen molar-refractivity contribution in [3.63, 3.8) is 0 Å². The number of rotatable bonds is 4. The zero-order valence-corrected chi connectivity index (χ0v) is 13.8. The summed E-state index contributed by atoms with van der Waals surface area (Å²) in [7, 11) is 0. The van der Waals surface area contributed by atoms with Gasteiger partial charge in [-0.3, -0.25) is 9.69 Å². The summed E-state index contributed by atoms with van der Waals surface area (Å²) in [6.45, 7) is 5.18. The monoisotopic (exact) mass is 317 g/mol. The average molecular weight is 317 g/mol. The van der Waals surface area contributed by atoms with Gasteiger partial charge in [0.05, 0.1) is 5.54 Å². The van der Waals surface area contributed by atoms with E-state index in [1.165, 1.54) is 5.56 Å². The third-order valence-corrected chi connectivity index (χ3v) is 5.10. The molecular formula is C18H27N3O2. The Kier molecular flexibility index (Phi) is 4.99. The van der Waals surface area contributed by atoms with Gasteiger partial charge >= 0.3 is 0 Å². The molecule has 2 heterocycles.